The van der Waals surface area contributed by atoms with Crippen molar-refractivity contribution in [3.8, 4) is 11.8 Å². The molecule has 0 saturated carbocycles. The third kappa shape index (κ3) is 3.47. The Balaban J connectivity index is 1.72. The van der Waals surface area contributed by atoms with Gasteiger partial charge in [0.25, 0.3) is 5.91 Å². The van der Waals surface area contributed by atoms with Crippen LogP contribution in [0.1, 0.15) is 16.1 Å². The lowest BCUT2D eigenvalue weighted by Crippen LogP contribution is -2.24. The highest BCUT2D eigenvalue weighted by Crippen LogP contribution is 2.11. The van der Waals surface area contributed by atoms with E-state index in [2.05, 4.69) is 17.2 Å². The summed E-state index contributed by atoms with van der Waals surface area (Å²) in [5.74, 6) is 5.31. The summed E-state index contributed by atoms with van der Waals surface area (Å²) in [6.07, 6.45) is 0. The summed E-state index contributed by atoms with van der Waals surface area (Å²) < 4.78 is 5.46. The Morgan fingerprint density at radius 3 is 2.61 bits per heavy atom. The highest BCUT2D eigenvalue weighted by molar-refractivity contribution is 5.93. The number of benzene rings is 2. The molecule has 0 fully saturated rings. The fraction of sp³-hybridized carbons (Fsp3) is 0.0526. The van der Waals surface area contributed by atoms with Crippen LogP contribution < -0.4 is 10.7 Å². The van der Waals surface area contributed by atoms with Gasteiger partial charge in [-0.25, -0.2) is 0 Å². The number of fused-ring (bicyclic) bond motifs is 1. The lowest BCUT2D eigenvalue weighted by Gasteiger charge is -2.02. The van der Waals surface area contributed by atoms with Gasteiger partial charge in [-0.1, -0.05) is 42.2 Å². The van der Waals surface area contributed by atoms with Crippen molar-refractivity contribution in [2.45, 2.75) is 0 Å². The summed E-state index contributed by atoms with van der Waals surface area (Å²) in [6.45, 7) is 0.171. The van der Waals surface area contributed by atoms with Crippen LogP contribution in [0.3, 0.4) is 0 Å². The summed E-state index contributed by atoms with van der Waals surface area (Å²) >= 11 is 0. The molecule has 3 aromatic rings. The maximum Gasteiger partial charge on any atom is 0.287 e. The van der Waals surface area contributed by atoms with Gasteiger partial charge in [0.05, 0.1) is 11.9 Å². The van der Waals surface area contributed by atoms with Crippen molar-refractivity contribution < 1.29 is 9.21 Å². The minimum absolute atomic E-state index is 0.0183. The van der Waals surface area contributed by atoms with E-state index >= 15 is 0 Å². The zero-order valence-electron chi connectivity index (χ0n) is 12.2. The normalized spacial score (nSPS) is 9.91. The number of carbonyl (C=O) groups excluding carboxylic acids is 1. The first kappa shape index (κ1) is 14.6. The molecular weight excluding hydrogens is 290 g/mol. The number of nitrogens with one attached hydrogen (secondary N) is 1. The topological polar surface area (TPSA) is 59.3 Å². The van der Waals surface area contributed by atoms with Gasteiger partial charge >= 0.3 is 0 Å². The van der Waals surface area contributed by atoms with E-state index in [1.807, 2.05) is 30.3 Å². The van der Waals surface area contributed by atoms with Crippen LogP contribution in [0, 0.1) is 11.8 Å². The minimum Gasteiger partial charge on any atom is -0.451 e. The number of hydrogen-bond donors (Lipinski definition) is 1. The van der Waals surface area contributed by atoms with Crippen LogP contribution in [0.25, 0.3) is 11.0 Å². The van der Waals surface area contributed by atoms with Gasteiger partial charge in [-0.05, 0) is 24.3 Å². The molecule has 4 heteroatoms. The molecule has 0 bridgehead atoms. The smallest absolute Gasteiger partial charge is 0.287 e. The maximum absolute atomic E-state index is 12.0. The lowest BCUT2D eigenvalue weighted by atomic mass is 10.2. The standard InChI is InChI=1S/C19H13NO3/c21-16-13-18(23-17-11-5-4-10-15(16)17)19(22)20-12-6-9-14-7-2-1-3-8-14/h1-5,7-8,10-11,13H,12H2,(H,20,22). The summed E-state index contributed by atoms with van der Waals surface area (Å²) in [7, 11) is 0. The number of rotatable bonds is 2. The average Bonchev–Trinajstić information content (AvgIpc) is 2.59. The second-order valence-corrected chi connectivity index (χ2v) is 4.82. The van der Waals surface area contributed by atoms with Crippen LogP contribution in [0.4, 0.5) is 0 Å². The lowest BCUT2D eigenvalue weighted by molar-refractivity contribution is 0.0931. The van der Waals surface area contributed by atoms with Crippen LogP contribution in [-0.4, -0.2) is 12.5 Å². The Kier molecular flexibility index (Phi) is 4.21. The van der Waals surface area contributed by atoms with Gasteiger partial charge in [-0.2, -0.15) is 0 Å². The van der Waals surface area contributed by atoms with E-state index in [1.165, 1.54) is 6.07 Å². The number of amides is 1. The number of para-hydroxylation sites is 1. The van der Waals surface area contributed by atoms with E-state index < -0.39 is 5.91 Å². The fourth-order valence-electron chi connectivity index (χ4n) is 2.10. The van der Waals surface area contributed by atoms with Crippen molar-refractivity contribution in [1.82, 2.24) is 5.32 Å². The average molecular weight is 303 g/mol. The summed E-state index contributed by atoms with van der Waals surface area (Å²) in [5, 5.41) is 3.07. The molecule has 23 heavy (non-hydrogen) atoms. The molecule has 0 radical (unpaired) electrons. The predicted octanol–water partition coefficient (Wildman–Crippen LogP) is 2.57. The molecule has 0 spiro atoms. The maximum atomic E-state index is 12.0. The van der Waals surface area contributed by atoms with E-state index in [9.17, 15) is 9.59 Å². The summed E-state index contributed by atoms with van der Waals surface area (Å²) in [4.78, 5) is 24.0. The molecule has 4 nitrogen and oxygen atoms in total. The molecule has 0 aliphatic carbocycles. The Labute approximate surface area is 132 Å². The second-order valence-electron chi connectivity index (χ2n) is 4.82. The summed E-state index contributed by atoms with van der Waals surface area (Å²) in [5.41, 5.74) is 1.02. The van der Waals surface area contributed by atoms with Gasteiger partial charge in [-0.15, -0.1) is 0 Å². The number of carbonyl (C=O) groups is 1. The van der Waals surface area contributed by atoms with Gasteiger partial charge in [-0.3, -0.25) is 9.59 Å². The van der Waals surface area contributed by atoms with Gasteiger partial charge < -0.3 is 9.73 Å². The van der Waals surface area contributed by atoms with Crippen LogP contribution >= 0.6 is 0 Å². The van der Waals surface area contributed by atoms with Crippen LogP contribution in [-0.2, 0) is 0 Å². The second kappa shape index (κ2) is 6.63. The van der Waals surface area contributed by atoms with Crippen LogP contribution in [0.5, 0.6) is 0 Å². The van der Waals surface area contributed by atoms with Crippen molar-refractivity contribution in [3.05, 3.63) is 82.2 Å². The first-order valence-corrected chi connectivity index (χ1v) is 7.09. The Morgan fingerprint density at radius 1 is 1.04 bits per heavy atom. The molecule has 0 aliphatic rings. The molecule has 112 valence electrons. The molecule has 0 aliphatic heterocycles. The third-order valence-corrected chi connectivity index (χ3v) is 3.20. The van der Waals surface area contributed by atoms with E-state index in [0.29, 0.717) is 11.0 Å². The monoisotopic (exact) mass is 303 g/mol. The van der Waals surface area contributed by atoms with Crippen molar-refractivity contribution >= 4 is 16.9 Å². The quantitative estimate of drug-likeness (QED) is 0.740. The molecule has 0 atom stereocenters. The van der Waals surface area contributed by atoms with Gasteiger partial charge in [0.1, 0.15) is 5.58 Å². The van der Waals surface area contributed by atoms with Crippen molar-refractivity contribution in [3.63, 3.8) is 0 Å². The van der Waals surface area contributed by atoms with Crippen molar-refractivity contribution in [2.24, 2.45) is 0 Å². The van der Waals surface area contributed by atoms with Crippen LogP contribution in [0.15, 0.2) is 69.9 Å². The molecule has 1 aromatic heterocycles. The largest absolute Gasteiger partial charge is 0.451 e. The fourth-order valence-corrected chi connectivity index (χ4v) is 2.10. The molecule has 0 saturated heterocycles. The SMILES string of the molecule is O=C(NCC#Cc1ccccc1)c1cc(=O)c2ccccc2o1. The van der Waals surface area contributed by atoms with Crippen molar-refractivity contribution in [1.29, 1.82) is 0 Å². The van der Waals surface area contributed by atoms with E-state index in [-0.39, 0.29) is 17.7 Å². The zero-order chi connectivity index (χ0) is 16.1. The Morgan fingerprint density at radius 2 is 1.78 bits per heavy atom. The molecule has 3 rings (SSSR count). The molecule has 1 heterocycles. The van der Waals surface area contributed by atoms with Gasteiger partial charge in [0.15, 0.2) is 11.2 Å². The van der Waals surface area contributed by atoms with E-state index in [4.69, 9.17) is 4.42 Å². The highest BCUT2D eigenvalue weighted by Gasteiger charge is 2.10. The van der Waals surface area contributed by atoms with Gasteiger partial charge in [0, 0.05) is 11.6 Å². The first-order valence-electron chi connectivity index (χ1n) is 7.09. The Bertz CT molecular complexity index is 962. The molecule has 0 unspecified atom stereocenters. The molecular formula is C19H13NO3. The predicted molar refractivity (Wildman–Crippen MR) is 88.1 cm³/mol. The minimum atomic E-state index is -0.463. The zero-order valence-corrected chi connectivity index (χ0v) is 12.2. The third-order valence-electron chi connectivity index (χ3n) is 3.20. The van der Waals surface area contributed by atoms with Gasteiger partial charge in [0.2, 0.25) is 0 Å². The number of hydrogen-bond acceptors (Lipinski definition) is 3. The molecule has 2 aromatic carbocycles. The van der Waals surface area contributed by atoms with E-state index in [0.717, 1.165) is 5.56 Å². The molecule has 1 N–H and O–H groups in total. The highest BCUT2D eigenvalue weighted by atomic mass is 16.3. The first-order chi connectivity index (χ1) is 11.2. The Hall–Kier alpha value is -3.32. The van der Waals surface area contributed by atoms with E-state index in [1.54, 1.807) is 24.3 Å². The summed E-state index contributed by atoms with van der Waals surface area (Å²) in [6, 6.07) is 17.5. The van der Waals surface area contributed by atoms with Crippen LogP contribution in [0.2, 0.25) is 0 Å². The van der Waals surface area contributed by atoms with Crippen molar-refractivity contribution in [2.75, 3.05) is 6.54 Å². The molecule has 1 amide bonds.